The minimum absolute atomic E-state index is 0.0111. The van der Waals surface area contributed by atoms with E-state index in [0.29, 0.717) is 5.58 Å². The third-order valence-corrected chi connectivity index (χ3v) is 5.71. The highest BCUT2D eigenvalue weighted by atomic mass is 35.5. The molecule has 0 fully saturated rings. The number of furan rings is 1. The maximum absolute atomic E-state index is 14.3. The van der Waals surface area contributed by atoms with Gasteiger partial charge in [-0.15, -0.1) is 11.3 Å². The first-order chi connectivity index (χ1) is 13.9. The van der Waals surface area contributed by atoms with E-state index in [4.69, 9.17) is 16.0 Å². The SMILES string of the molecule is O=C(Cc1scc(-c2ccc(Cl)c(F)c2F)c1C(=O)O)c1cc2ccccc2o1. The number of ketones is 1. The quantitative estimate of drug-likeness (QED) is 0.300. The summed E-state index contributed by atoms with van der Waals surface area (Å²) in [7, 11) is 0. The first-order valence-electron chi connectivity index (χ1n) is 8.36. The lowest BCUT2D eigenvalue weighted by Gasteiger charge is -2.06. The fourth-order valence-corrected chi connectivity index (χ4v) is 4.23. The van der Waals surface area contributed by atoms with Gasteiger partial charge in [-0.3, -0.25) is 4.79 Å². The zero-order valence-electron chi connectivity index (χ0n) is 14.5. The van der Waals surface area contributed by atoms with Crippen LogP contribution in [0, 0.1) is 11.6 Å². The third kappa shape index (κ3) is 3.43. The number of carboxylic acid groups (broad SMARTS) is 1. The minimum Gasteiger partial charge on any atom is -0.478 e. The molecule has 0 bridgehead atoms. The van der Waals surface area contributed by atoms with Crippen LogP contribution in [0.2, 0.25) is 5.02 Å². The minimum atomic E-state index is -1.34. The molecule has 0 aliphatic rings. The molecule has 2 aromatic carbocycles. The molecule has 0 spiro atoms. The number of para-hydroxylation sites is 1. The summed E-state index contributed by atoms with van der Waals surface area (Å²) in [6.07, 6.45) is -0.246. The number of halogens is 3. The number of carbonyl (C=O) groups is 2. The molecule has 0 aliphatic carbocycles. The summed E-state index contributed by atoms with van der Waals surface area (Å²) in [5.41, 5.74) is 0.0472. The lowest BCUT2D eigenvalue weighted by molar-refractivity contribution is 0.0697. The van der Waals surface area contributed by atoms with Gasteiger partial charge in [0.1, 0.15) is 5.58 Å². The van der Waals surface area contributed by atoms with E-state index in [1.807, 2.05) is 0 Å². The molecule has 0 aliphatic heterocycles. The van der Waals surface area contributed by atoms with Crippen LogP contribution in [-0.2, 0) is 6.42 Å². The molecule has 0 radical (unpaired) electrons. The van der Waals surface area contributed by atoms with Crippen LogP contribution in [0.1, 0.15) is 25.8 Å². The average molecular weight is 433 g/mol. The van der Waals surface area contributed by atoms with Crippen LogP contribution < -0.4 is 0 Å². The highest BCUT2D eigenvalue weighted by Gasteiger charge is 2.25. The lowest BCUT2D eigenvalue weighted by Crippen LogP contribution is -2.07. The Hall–Kier alpha value is -3.03. The molecule has 1 N–H and O–H groups in total. The van der Waals surface area contributed by atoms with Gasteiger partial charge in [0.2, 0.25) is 5.78 Å². The fraction of sp³-hybridized carbons (Fsp3) is 0.0476. The van der Waals surface area contributed by atoms with Crippen LogP contribution in [0.15, 0.2) is 52.3 Å². The van der Waals surface area contributed by atoms with Gasteiger partial charge in [0.05, 0.1) is 10.6 Å². The van der Waals surface area contributed by atoms with E-state index >= 15 is 0 Å². The Kier molecular flexibility index (Phi) is 4.94. The van der Waals surface area contributed by atoms with Gasteiger partial charge in [0, 0.05) is 27.8 Å². The number of Topliss-reactive ketones (excluding diaryl/α,β-unsaturated/α-hetero) is 1. The number of fused-ring (bicyclic) bond motifs is 1. The van der Waals surface area contributed by atoms with Crippen molar-refractivity contribution >= 4 is 45.7 Å². The van der Waals surface area contributed by atoms with Crippen LogP contribution in [0.4, 0.5) is 8.78 Å². The summed E-state index contributed by atoms with van der Waals surface area (Å²) in [6, 6.07) is 11.0. The predicted octanol–water partition coefficient (Wildman–Crippen LogP) is 6.22. The van der Waals surface area contributed by atoms with Crippen molar-refractivity contribution in [2.24, 2.45) is 0 Å². The van der Waals surface area contributed by atoms with Gasteiger partial charge in [0.25, 0.3) is 0 Å². The van der Waals surface area contributed by atoms with Crippen LogP contribution in [-0.4, -0.2) is 16.9 Å². The smallest absolute Gasteiger partial charge is 0.337 e. The van der Waals surface area contributed by atoms with E-state index in [1.54, 1.807) is 30.3 Å². The maximum Gasteiger partial charge on any atom is 0.337 e. The molecule has 146 valence electrons. The van der Waals surface area contributed by atoms with E-state index < -0.39 is 28.4 Å². The van der Waals surface area contributed by atoms with Gasteiger partial charge in [0.15, 0.2) is 17.4 Å². The molecule has 4 aromatic rings. The van der Waals surface area contributed by atoms with Crippen LogP contribution in [0.3, 0.4) is 0 Å². The van der Waals surface area contributed by atoms with Crippen molar-refractivity contribution in [2.45, 2.75) is 6.42 Å². The number of rotatable bonds is 5. The molecule has 0 amide bonds. The molecular formula is C21H11ClF2O4S. The lowest BCUT2D eigenvalue weighted by atomic mass is 10.00. The molecule has 4 nitrogen and oxygen atoms in total. The fourth-order valence-electron chi connectivity index (χ4n) is 3.05. The zero-order valence-corrected chi connectivity index (χ0v) is 16.1. The largest absolute Gasteiger partial charge is 0.478 e. The number of benzene rings is 2. The number of carbonyl (C=O) groups excluding carboxylic acids is 1. The zero-order chi connectivity index (χ0) is 20.7. The van der Waals surface area contributed by atoms with E-state index in [-0.39, 0.29) is 33.7 Å². The van der Waals surface area contributed by atoms with Gasteiger partial charge in [-0.05, 0) is 29.6 Å². The molecule has 0 saturated carbocycles. The Labute approximate surface area is 172 Å². The summed E-state index contributed by atoms with van der Waals surface area (Å²) in [5, 5.41) is 11.4. The van der Waals surface area contributed by atoms with E-state index in [2.05, 4.69) is 0 Å². The van der Waals surface area contributed by atoms with E-state index in [0.717, 1.165) is 22.8 Å². The van der Waals surface area contributed by atoms with E-state index in [9.17, 15) is 23.5 Å². The number of hydrogen-bond acceptors (Lipinski definition) is 4. The van der Waals surface area contributed by atoms with Crippen molar-refractivity contribution < 1.29 is 27.9 Å². The Balaban J connectivity index is 1.73. The number of carboxylic acids is 1. The summed E-state index contributed by atoms with van der Waals surface area (Å²) in [6.45, 7) is 0. The standard InChI is InChI=1S/C21H11ClF2O4S/c22-13-6-5-11(19(23)20(13)24)12-9-29-17(18(12)21(26)27)8-14(25)16-7-10-3-1-2-4-15(10)28-16/h1-7,9H,8H2,(H,26,27). The highest BCUT2D eigenvalue weighted by Crippen LogP contribution is 2.36. The number of hydrogen-bond donors (Lipinski definition) is 1. The normalized spacial score (nSPS) is 11.1. The third-order valence-electron chi connectivity index (χ3n) is 4.43. The summed E-state index contributed by atoms with van der Waals surface area (Å²) in [5.74, 6) is -4.16. The molecule has 4 rings (SSSR count). The van der Waals surface area contributed by atoms with Gasteiger partial charge in [-0.1, -0.05) is 29.8 Å². The summed E-state index contributed by atoms with van der Waals surface area (Å²) >= 11 is 6.55. The van der Waals surface area contributed by atoms with Crippen molar-refractivity contribution in [1.29, 1.82) is 0 Å². The molecule has 2 heterocycles. The predicted molar refractivity (Wildman–Crippen MR) is 106 cm³/mol. The second-order valence-electron chi connectivity index (χ2n) is 6.22. The maximum atomic E-state index is 14.3. The molecular weight excluding hydrogens is 422 g/mol. The van der Waals surface area contributed by atoms with Crippen molar-refractivity contribution in [1.82, 2.24) is 0 Å². The molecule has 29 heavy (non-hydrogen) atoms. The van der Waals surface area contributed by atoms with Gasteiger partial charge in [-0.25, -0.2) is 13.6 Å². The van der Waals surface area contributed by atoms with Crippen molar-refractivity contribution in [3.8, 4) is 11.1 Å². The molecule has 8 heteroatoms. The second kappa shape index (κ2) is 7.42. The van der Waals surface area contributed by atoms with Gasteiger partial charge < -0.3 is 9.52 Å². The van der Waals surface area contributed by atoms with E-state index in [1.165, 1.54) is 11.4 Å². The molecule has 0 atom stereocenters. The average Bonchev–Trinajstić information content (AvgIpc) is 3.30. The van der Waals surface area contributed by atoms with Gasteiger partial charge >= 0.3 is 5.97 Å². The Bertz CT molecular complexity index is 1240. The Morgan fingerprint density at radius 2 is 1.83 bits per heavy atom. The molecule has 2 aromatic heterocycles. The summed E-state index contributed by atoms with van der Waals surface area (Å²) < 4.78 is 33.7. The first kappa shape index (κ1) is 19.3. The van der Waals surface area contributed by atoms with Gasteiger partial charge in [-0.2, -0.15) is 0 Å². The van der Waals surface area contributed by atoms with Crippen LogP contribution >= 0.6 is 22.9 Å². The number of aromatic carboxylic acids is 1. The highest BCUT2D eigenvalue weighted by molar-refractivity contribution is 7.11. The van der Waals surface area contributed by atoms with Crippen molar-refractivity contribution in [3.63, 3.8) is 0 Å². The van der Waals surface area contributed by atoms with Crippen molar-refractivity contribution in [2.75, 3.05) is 0 Å². The topological polar surface area (TPSA) is 67.5 Å². The Morgan fingerprint density at radius 3 is 2.55 bits per heavy atom. The molecule has 0 saturated heterocycles. The molecule has 0 unspecified atom stereocenters. The van der Waals surface area contributed by atoms with Crippen molar-refractivity contribution in [3.05, 3.63) is 80.7 Å². The number of thiophene rings is 1. The van der Waals surface area contributed by atoms with Crippen LogP contribution in [0.5, 0.6) is 0 Å². The summed E-state index contributed by atoms with van der Waals surface area (Å²) in [4.78, 5) is 24.7. The second-order valence-corrected chi connectivity index (χ2v) is 7.60. The van der Waals surface area contributed by atoms with Crippen LogP contribution in [0.25, 0.3) is 22.1 Å². The Morgan fingerprint density at radius 1 is 1.07 bits per heavy atom. The first-order valence-corrected chi connectivity index (χ1v) is 9.62. The monoisotopic (exact) mass is 432 g/mol.